The molecule has 0 aliphatic rings. The van der Waals surface area contributed by atoms with Crippen molar-refractivity contribution in [3.8, 4) is 0 Å². The molecule has 0 saturated heterocycles. The van der Waals surface area contributed by atoms with Gasteiger partial charge < -0.3 is 9.59 Å². The lowest BCUT2D eigenvalue weighted by Crippen LogP contribution is -1.86. The summed E-state index contributed by atoms with van der Waals surface area (Å²) in [5.74, 6) is 0. The van der Waals surface area contributed by atoms with Crippen LogP contribution in [0.5, 0.6) is 0 Å². The molecule has 10 heavy (non-hydrogen) atoms. The second-order valence-corrected chi connectivity index (χ2v) is 2.30. The molecule has 0 bridgehead atoms. The fraction of sp³-hybridized carbons (Fsp3) is 0.500. The van der Waals surface area contributed by atoms with E-state index in [1.165, 1.54) is 0 Å². The van der Waals surface area contributed by atoms with Crippen LogP contribution in [0.3, 0.4) is 0 Å². The van der Waals surface area contributed by atoms with Crippen LogP contribution in [0.2, 0.25) is 0 Å². The highest BCUT2D eigenvalue weighted by Gasteiger charge is 1.94. The van der Waals surface area contributed by atoms with E-state index >= 15 is 0 Å². The van der Waals surface area contributed by atoms with Gasteiger partial charge in [0.15, 0.2) is 0 Å². The van der Waals surface area contributed by atoms with Crippen LogP contribution >= 0.6 is 0 Å². The molecule has 0 rings (SSSR count). The smallest absolute Gasteiger partial charge is 0.124 e. The predicted molar refractivity (Wildman–Crippen MR) is 39.7 cm³/mol. The van der Waals surface area contributed by atoms with Crippen LogP contribution in [0.25, 0.3) is 0 Å². The summed E-state index contributed by atoms with van der Waals surface area (Å²) in [5.41, 5.74) is 2.00. The van der Waals surface area contributed by atoms with Crippen molar-refractivity contribution in [1.29, 1.82) is 0 Å². The minimum atomic E-state index is 0.444. The molecule has 2 nitrogen and oxygen atoms in total. The molecule has 0 aromatic carbocycles. The minimum Gasteiger partial charge on any atom is -0.303 e. The summed E-state index contributed by atoms with van der Waals surface area (Å²) in [4.78, 5) is 20.0. The number of carbonyl (C=O) groups excluding carboxylic acids is 2. The Morgan fingerprint density at radius 2 is 1.30 bits per heavy atom. The van der Waals surface area contributed by atoms with Crippen molar-refractivity contribution < 1.29 is 9.59 Å². The van der Waals surface area contributed by atoms with Crippen molar-refractivity contribution in [2.24, 2.45) is 0 Å². The summed E-state index contributed by atoms with van der Waals surface area (Å²) in [7, 11) is 0. The first-order chi connectivity index (χ1) is 4.72. The van der Waals surface area contributed by atoms with Gasteiger partial charge in [0.2, 0.25) is 0 Å². The maximum absolute atomic E-state index is 10.0. The van der Waals surface area contributed by atoms with Gasteiger partial charge in [-0.25, -0.2) is 0 Å². The van der Waals surface area contributed by atoms with Crippen molar-refractivity contribution in [3.63, 3.8) is 0 Å². The first kappa shape index (κ1) is 9.08. The molecule has 0 spiro atoms. The Morgan fingerprint density at radius 1 is 1.00 bits per heavy atom. The van der Waals surface area contributed by atoms with Gasteiger partial charge in [0.25, 0.3) is 0 Å². The van der Waals surface area contributed by atoms with Crippen LogP contribution in [0.15, 0.2) is 11.1 Å². The van der Waals surface area contributed by atoms with Crippen LogP contribution in [-0.4, -0.2) is 12.6 Å². The molecule has 0 radical (unpaired) electrons. The molecule has 0 heterocycles. The molecular formula is C8H12O2. The average Bonchev–Trinajstić information content (AvgIpc) is 1.89. The molecule has 0 amide bonds. The summed E-state index contributed by atoms with van der Waals surface area (Å²) in [6.45, 7) is 3.74. The van der Waals surface area contributed by atoms with Gasteiger partial charge in [0.05, 0.1) is 0 Å². The van der Waals surface area contributed by atoms with E-state index in [4.69, 9.17) is 0 Å². The molecule has 0 aromatic heterocycles. The van der Waals surface area contributed by atoms with Crippen molar-refractivity contribution in [2.45, 2.75) is 26.7 Å². The Labute approximate surface area is 60.9 Å². The summed E-state index contributed by atoms with van der Waals surface area (Å²) in [6, 6.07) is 0. The van der Waals surface area contributed by atoms with Crippen LogP contribution in [0.4, 0.5) is 0 Å². The van der Waals surface area contributed by atoms with E-state index in [1.807, 2.05) is 13.8 Å². The van der Waals surface area contributed by atoms with Crippen molar-refractivity contribution in [1.82, 2.24) is 0 Å². The summed E-state index contributed by atoms with van der Waals surface area (Å²) >= 11 is 0. The molecular weight excluding hydrogens is 128 g/mol. The van der Waals surface area contributed by atoms with Gasteiger partial charge in [0, 0.05) is 12.8 Å². The van der Waals surface area contributed by atoms with E-state index in [0.29, 0.717) is 12.8 Å². The maximum Gasteiger partial charge on any atom is 0.124 e. The number of carbonyl (C=O) groups is 2. The largest absolute Gasteiger partial charge is 0.303 e. The van der Waals surface area contributed by atoms with Gasteiger partial charge in [-0.05, 0) is 13.8 Å². The first-order valence-electron chi connectivity index (χ1n) is 3.25. The molecule has 0 N–H and O–H groups in total. The highest BCUT2D eigenvalue weighted by Crippen LogP contribution is 2.07. The number of aldehydes is 2. The molecule has 0 aromatic rings. The van der Waals surface area contributed by atoms with Gasteiger partial charge in [0.1, 0.15) is 12.6 Å². The number of hydrogen-bond acceptors (Lipinski definition) is 2. The summed E-state index contributed by atoms with van der Waals surface area (Å²) in [6.07, 6.45) is 2.59. The second kappa shape index (κ2) is 4.91. The van der Waals surface area contributed by atoms with E-state index in [9.17, 15) is 9.59 Å². The quantitative estimate of drug-likeness (QED) is 0.438. The van der Waals surface area contributed by atoms with Gasteiger partial charge in [-0.3, -0.25) is 0 Å². The Bertz CT molecular complexity index is 139. The molecule has 56 valence electrons. The highest BCUT2D eigenvalue weighted by atomic mass is 16.1. The third-order valence-electron chi connectivity index (χ3n) is 1.51. The molecule has 0 unspecified atom stereocenters. The SMILES string of the molecule is CC(CC=O)=C(C)CC=O. The lowest BCUT2D eigenvalue weighted by Gasteiger charge is -1.98. The van der Waals surface area contributed by atoms with E-state index < -0.39 is 0 Å². The molecule has 0 aliphatic heterocycles. The molecule has 2 heteroatoms. The highest BCUT2D eigenvalue weighted by molar-refractivity contribution is 5.58. The number of rotatable bonds is 4. The molecule has 0 atom stereocenters. The standard InChI is InChI=1S/C8H12O2/c1-7(3-5-9)8(2)4-6-10/h5-6H,3-4H2,1-2H3. The zero-order chi connectivity index (χ0) is 7.98. The second-order valence-electron chi connectivity index (χ2n) is 2.30. The topological polar surface area (TPSA) is 34.1 Å². The fourth-order valence-corrected chi connectivity index (χ4v) is 0.598. The number of hydrogen-bond donors (Lipinski definition) is 0. The zero-order valence-corrected chi connectivity index (χ0v) is 6.39. The Kier molecular flexibility index (Phi) is 4.46. The third kappa shape index (κ3) is 3.17. The maximum atomic E-state index is 10.0. The third-order valence-corrected chi connectivity index (χ3v) is 1.51. The van der Waals surface area contributed by atoms with Crippen LogP contribution < -0.4 is 0 Å². The van der Waals surface area contributed by atoms with Gasteiger partial charge >= 0.3 is 0 Å². The zero-order valence-electron chi connectivity index (χ0n) is 6.39. The summed E-state index contributed by atoms with van der Waals surface area (Å²) in [5, 5.41) is 0. The van der Waals surface area contributed by atoms with Gasteiger partial charge in [-0.15, -0.1) is 0 Å². The first-order valence-corrected chi connectivity index (χ1v) is 3.25. The minimum absolute atomic E-state index is 0.444. The monoisotopic (exact) mass is 140 g/mol. The Balaban J connectivity index is 4.02. The Hall–Kier alpha value is -0.920. The summed E-state index contributed by atoms with van der Waals surface area (Å²) < 4.78 is 0. The van der Waals surface area contributed by atoms with E-state index in [2.05, 4.69) is 0 Å². The van der Waals surface area contributed by atoms with Crippen LogP contribution in [0, 0.1) is 0 Å². The average molecular weight is 140 g/mol. The fourth-order valence-electron chi connectivity index (χ4n) is 0.598. The van der Waals surface area contributed by atoms with E-state index in [1.54, 1.807) is 0 Å². The van der Waals surface area contributed by atoms with Gasteiger partial charge in [-0.1, -0.05) is 11.1 Å². The van der Waals surface area contributed by atoms with E-state index in [-0.39, 0.29) is 0 Å². The number of allylic oxidation sites excluding steroid dienone is 2. The predicted octanol–water partition coefficient (Wildman–Crippen LogP) is 1.50. The molecule has 0 saturated carbocycles. The van der Waals surface area contributed by atoms with Crippen molar-refractivity contribution >= 4 is 12.6 Å². The van der Waals surface area contributed by atoms with Crippen molar-refractivity contribution in [3.05, 3.63) is 11.1 Å². The lowest BCUT2D eigenvalue weighted by atomic mass is 10.1. The van der Waals surface area contributed by atoms with Gasteiger partial charge in [-0.2, -0.15) is 0 Å². The molecule has 0 fully saturated rings. The van der Waals surface area contributed by atoms with Crippen molar-refractivity contribution in [2.75, 3.05) is 0 Å². The molecule has 0 aliphatic carbocycles. The Morgan fingerprint density at radius 3 is 1.50 bits per heavy atom. The normalized spacial score (nSPS) is 12.2. The lowest BCUT2D eigenvalue weighted by molar-refractivity contribution is -0.108. The van der Waals surface area contributed by atoms with E-state index in [0.717, 1.165) is 23.7 Å². The van der Waals surface area contributed by atoms with Crippen LogP contribution in [0.1, 0.15) is 26.7 Å². The van der Waals surface area contributed by atoms with Crippen LogP contribution in [-0.2, 0) is 9.59 Å².